The van der Waals surface area contributed by atoms with Crippen molar-refractivity contribution in [1.29, 1.82) is 0 Å². The lowest BCUT2D eigenvalue weighted by Crippen LogP contribution is -2.48. The van der Waals surface area contributed by atoms with Crippen LogP contribution in [0.1, 0.15) is 135 Å². The molecular weight excluding hydrogens is 1870 g/mol. The molecule has 0 bridgehead atoms. The molecule has 5 aliphatic heterocycles. The first-order valence-electron chi connectivity index (χ1n) is 52.2. The van der Waals surface area contributed by atoms with Crippen molar-refractivity contribution < 1.29 is 61.7 Å². The van der Waals surface area contributed by atoms with Crippen LogP contribution in [0.25, 0.3) is 27.6 Å². The van der Waals surface area contributed by atoms with Crippen LogP contribution in [0.4, 0.5) is 57.5 Å². The largest absolute Gasteiger partial charge is 0.506 e. The van der Waals surface area contributed by atoms with Crippen LogP contribution in [0, 0.1) is 0 Å². The normalized spacial score (nSPS) is 20.3. The molecule has 0 atom stereocenters. The highest BCUT2D eigenvalue weighted by atomic mass is 35.5. The van der Waals surface area contributed by atoms with Gasteiger partial charge in [0.1, 0.15) is 68.6 Å². The minimum absolute atomic E-state index is 0.0775. The summed E-state index contributed by atoms with van der Waals surface area (Å²) in [7, 11) is 11.8. The number of quaternary nitrogens is 5. The Labute approximate surface area is 863 Å². The van der Waals surface area contributed by atoms with Crippen LogP contribution >= 0.6 is 11.6 Å². The lowest BCUT2D eigenvalue weighted by Gasteiger charge is -2.37. The predicted octanol–water partition coefficient (Wildman–Crippen LogP) is 16.9. The summed E-state index contributed by atoms with van der Waals surface area (Å²) in [5, 5.41) is 70.6. The van der Waals surface area contributed by atoms with Crippen molar-refractivity contribution in [2.24, 2.45) is 36.4 Å². The van der Waals surface area contributed by atoms with Crippen molar-refractivity contribution in [3.05, 3.63) is 240 Å². The number of aliphatic hydroxyl groups excluding tert-OH is 3. The number of aliphatic imine (C=N–C) groups is 5. The molecule has 15 heterocycles. The van der Waals surface area contributed by atoms with Gasteiger partial charge in [0.15, 0.2) is 46.4 Å². The number of allylic oxidation sites excluding steroid dienone is 15. The Balaban J connectivity index is 0.000000131. The van der Waals surface area contributed by atoms with E-state index in [4.69, 9.17) is 28.1 Å². The molecule has 10 aromatic rings. The maximum absolute atomic E-state index is 12.3. The first-order chi connectivity index (χ1) is 71.0. The average Bonchev–Trinajstić information content (AvgIpc) is 1.67. The highest BCUT2D eigenvalue weighted by Gasteiger charge is 2.32. The van der Waals surface area contributed by atoms with Gasteiger partial charge in [0.25, 0.3) is 0 Å². The van der Waals surface area contributed by atoms with Crippen molar-refractivity contribution in [2.45, 2.75) is 135 Å². The lowest BCUT2D eigenvalue weighted by atomic mass is 10.0. The lowest BCUT2D eigenvalue weighted by molar-refractivity contribution is -0.914. The van der Waals surface area contributed by atoms with Gasteiger partial charge in [0.05, 0.1) is 177 Å². The maximum Gasteiger partial charge on any atom is 0.207 e. The van der Waals surface area contributed by atoms with E-state index in [1.165, 1.54) is 221 Å². The van der Waals surface area contributed by atoms with E-state index in [0.717, 1.165) is 154 Å². The molecule has 772 valence electrons. The molecule has 20 rings (SSSR count). The summed E-state index contributed by atoms with van der Waals surface area (Å²) in [5.41, 5.74) is 22.3. The zero-order valence-electron chi connectivity index (χ0n) is 85.7. The number of ketones is 5. The fourth-order valence-corrected chi connectivity index (χ4v) is 20.9. The molecule has 5 fully saturated rings. The molecule has 0 spiro atoms. The minimum atomic E-state index is -0.388. The summed E-state index contributed by atoms with van der Waals surface area (Å²) in [5.74, 6) is 1.87. The number of likely N-dealkylation sites (tertiary alicyclic amines) is 5. The van der Waals surface area contributed by atoms with Crippen molar-refractivity contribution in [3.8, 4) is 0 Å². The Kier molecular flexibility index (Phi) is 35.0. The van der Waals surface area contributed by atoms with Gasteiger partial charge in [0.2, 0.25) is 11.6 Å². The zero-order chi connectivity index (χ0) is 103. The van der Waals surface area contributed by atoms with Gasteiger partial charge >= 0.3 is 0 Å². The van der Waals surface area contributed by atoms with Crippen LogP contribution in [0.15, 0.2) is 265 Å². The average molecular weight is 2020 g/mol. The Morgan fingerprint density at radius 2 is 0.605 bits per heavy atom. The van der Waals surface area contributed by atoms with Crippen LogP contribution in [0.5, 0.6) is 0 Å². The van der Waals surface area contributed by atoms with Crippen molar-refractivity contribution in [3.63, 3.8) is 0 Å². The number of pyridine rings is 5. The molecule has 5 saturated heterocycles. The zero-order valence-corrected chi connectivity index (χ0v) is 86.5. The summed E-state index contributed by atoms with van der Waals surface area (Å²) in [6, 6.07) is 29.0. The Morgan fingerprint density at radius 1 is 0.320 bits per heavy atom. The van der Waals surface area contributed by atoms with Crippen molar-refractivity contribution >= 4 is 154 Å². The topological polar surface area (TPSA) is 407 Å². The van der Waals surface area contributed by atoms with Gasteiger partial charge in [-0.05, 0) is 219 Å². The van der Waals surface area contributed by atoms with Gasteiger partial charge in [-0.25, -0.2) is 47.5 Å². The quantitative estimate of drug-likeness (QED) is 0.00865. The molecular formula is C111H143ClN27O8+5. The number of nitrogens with one attached hydrogen (secondary N) is 5. The fourth-order valence-electron chi connectivity index (χ4n) is 20.7. The minimum Gasteiger partial charge on any atom is -0.506 e. The second kappa shape index (κ2) is 48.8. The number of anilines is 5. The summed E-state index contributed by atoms with van der Waals surface area (Å²) >= 11 is 5.99. The number of rotatable bonds is 30. The molecule has 10 aliphatic rings. The third kappa shape index (κ3) is 27.7. The molecule has 0 unspecified atom stereocenters. The van der Waals surface area contributed by atoms with Crippen LogP contribution in [0.3, 0.4) is 0 Å². The molecule has 0 aromatic carbocycles. The fraction of sp³-hybridized carbons (Fsp3) is 0.414. The van der Waals surface area contributed by atoms with E-state index in [1.54, 1.807) is 49.3 Å². The van der Waals surface area contributed by atoms with Gasteiger partial charge < -0.3 is 75.8 Å². The van der Waals surface area contributed by atoms with Crippen LogP contribution < -0.4 is 38.1 Å². The molecule has 147 heavy (non-hydrogen) atoms. The van der Waals surface area contributed by atoms with Gasteiger partial charge in [-0.1, -0.05) is 41.9 Å². The van der Waals surface area contributed by atoms with Gasteiger partial charge in [-0.15, -0.1) is 25.5 Å². The number of hydrogen-bond donors (Lipinski definition) is 10. The molecule has 12 N–H and O–H groups in total. The Morgan fingerprint density at radius 3 is 0.932 bits per heavy atom. The van der Waals surface area contributed by atoms with Crippen molar-refractivity contribution in [2.75, 3.05) is 193 Å². The third-order valence-corrected chi connectivity index (χ3v) is 29.7. The van der Waals surface area contributed by atoms with Crippen LogP contribution in [-0.4, -0.2) is 309 Å². The second-order valence-corrected chi connectivity index (χ2v) is 41.7. The maximum atomic E-state index is 12.3. The summed E-state index contributed by atoms with van der Waals surface area (Å²) in [6.07, 6.45) is 53.6. The Hall–Kier alpha value is -14.4. The third-order valence-electron chi connectivity index (χ3n) is 29.4. The first-order valence-corrected chi connectivity index (χ1v) is 52.6. The number of piperidine rings is 5. The summed E-state index contributed by atoms with van der Waals surface area (Å²) < 4.78 is 14.7. The molecule has 0 amide bonds. The number of hydrogen-bond acceptors (Lipinski definition) is 25. The molecule has 0 radical (unpaired) electrons. The summed E-state index contributed by atoms with van der Waals surface area (Å²) in [4.78, 5) is 82.5. The van der Waals surface area contributed by atoms with E-state index in [1.807, 2.05) is 126 Å². The van der Waals surface area contributed by atoms with Crippen LogP contribution in [0.2, 0.25) is 0 Å². The molecule has 0 saturated carbocycles. The van der Waals surface area contributed by atoms with E-state index < -0.39 is 0 Å². The first kappa shape index (κ1) is 105. The summed E-state index contributed by atoms with van der Waals surface area (Å²) in [6.45, 7) is 24.1. The Bertz CT molecular complexity index is 6820. The highest BCUT2D eigenvalue weighted by molar-refractivity contribution is 6.52. The number of fused-ring (bicyclic) bond motifs is 5. The smallest absolute Gasteiger partial charge is 0.207 e. The number of halogens is 1. The van der Waals surface area contributed by atoms with Gasteiger partial charge in [-0.3, -0.25) is 24.0 Å². The number of carbonyl (C=O) groups is 5. The van der Waals surface area contributed by atoms with Gasteiger partial charge in [-0.2, -0.15) is 0 Å². The number of nitrogens with two attached hydrogens (primary N) is 2. The number of aromatic nitrogens is 10. The second-order valence-electron chi connectivity index (χ2n) is 41.3. The highest BCUT2D eigenvalue weighted by Crippen LogP contribution is 2.38. The molecule has 35 nitrogen and oxygen atoms in total. The standard InChI is InChI=1S/C23H29N5O2.C22H26ClN5O2.2C22H28N6O.C22H27N5O2/c1-17-20(29)11-10-18(22(17)30)25-21-19-9-4-5-13-27(19)26-23(21)24-12-8-16-28(2)14-6-3-7-15-28;1-28(11-5-2-6-12-28)13-7-9-24-22-21(18-8-3-4-10-27(18)26-22)25-17-14-16(23)19(29)15-20(17)30;1-28(13-5-2-6-14-28)15-7-11-24-22-21(20-8-3-4-12-27(20)26-22)25-19-10-9-17(29)16-18(19)23;1-28(13-5-2-6-14-28)15-7-11-24-22-21(19-8-3-4-12-27(19)26-22)25-18-10-9-17(23)16-20(18)29;1-27(13-5-2-6-14-27)15-7-11-23-22-21(19-8-3-4-12-26(19)25-22)24-18-10-9-17(28)16-20(18)29/h4-5,9-11,13H,3,6-8,12,14-16H2,1-2H3,(H-,24,26,29,30);3-4,8,10,14-15H,2,5-7,9,11-13H2,1H3,(H-,24,26,29,30);2*3-4,8-10,12,16H,2,5-7,11,13-15H2,1H3,(H2-,23,24,26,29);3-4,8-10,12,16H,2,5-7,11,13-15H2,1H3,(H-,23,25,28,29)/p+5. The molecule has 5 aliphatic carbocycles. The van der Waals surface area contributed by atoms with E-state index in [-0.39, 0.29) is 56.9 Å². The van der Waals surface area contributed by atoms with Crippen molar-refractivity contribution in [1.82, 2.24) is 48.1 Å². The molecule has 36 heteroatoms. The SMILES string of the molecule is CC1=C(O)C(=Nc2c(NCCC[N+]3(C)CCCCC3)nn3ccccc23)C=CC1=O.C[N+]1(CCCNc2nn3ccccc3c2N=C2C=C(Cl)C(O)=CC2=O)CCCCC1.C[N+]1(CCCNc2nn3ccccc3c2N=C2C=CC(=O)C=C2N)CCCCC1.C[N+]1(CCCNc2nn3ccccc3c2N=C2C=CC(=O)C=C2O)CCCCC1.C[N+]1(CCCNc2nn3ccccc3c2N=C2C=CC(N)=CC2=O)CCCCC1. The molecule has 10 aromatic heterocycles. The van der Waals surface area contributed by atoms with E-state index in [0.29, 0.717) is 85.8 Å². The van der Waals surface area contributed by atoms with E-state index in [9.17, 15) is 39.3 Å². The monoisotopic (exact) mass is 2020 g/mol. The number of aliphatic hydroxyl groups is 3. The number of nitrogens with zero attached hydrogens (tertiary/aromatic N) is 20. The number of carbonyl (C=O) groups excluding carboxylic acids is 5. The van der Waals surface area contributed by atoms with Gasteiger partial charge in [0, 0.05) is 131 Å². The van der Waals surface area contributed by atoms with E-state index in [2.05, 4.69) is 107 Å². The van der Waals surface area contributed by atoms with E-state index >= 15 is 0 Å². The van der Waals surface area contributed by atoms with Crippen LogP contribution in [-0.2, 0) is 24.0 Å². The predicted molar refractivity (Wildman–Crippen MR) is 587 cm³/mol.